The summed E-state index contributed by atoms with van der Waals surface area (Å²) in [5.74, 6) is 0.966. The predicted molar refractivity (Wildman–Crippen MR) is 147 cm³/mol. The van der Waals surface area contributed by atoms with Crippen LogP contribution in [-0.4, -0.2) is 9.97 Å². The van der Waals surface area contributed by atoms with Gasteiger partial charge in [0, 0.05) is 11.4 Å². The summed E-state index contributed by atoms with van der Waals surface area (Å²) in [6.07, 6.45) is 33.1. The molecular formula is C31H58N2. The zero-order valence-corrected chi connectivity index (χ0v) is 22.9. The Hall–Kier alpha value is -0.920. The minimum absolute atomic E-state index is 0.966. The molecule has 0 spiro atoms. The molecule has 0 aliphatic carbocycles. The van der Waals surface area contributed by atoms with Gasteiger partial charge < -0.3 is 0 Å². The monoisotopic (exact) mass is 458 g/mol. The molecule has 0 aromatic carbocycles. The molecule has 1 aromatic heterocycles. The van der Waals surface area contributed by atoms with Crippen LogP contribution in [-0.2, 0) is 12.8 Å². The number of aryl methyl sites for hydroxylation is 3. The Bertz CT molecular complexity index is 495. The van der Waals surface area contributed by atoms with Gasteiger partial charge in [-0.2, -0.15) is 0 Å². The van der Waals surface area contributed by atoms with Crippen molar-refractivity contribution in [2.24, 2.45) is 0 Å². The lowest BCUT2D eigenvalue weighted by Gasteiger charge is -2.07. The van der Waals surface area contributed by atoms with E-state index in [0.29, 0.717) is 0 Å². The molecule has 2 heteroatoms. The van der Waals surface area contributed by atoms with Crippen molar-refractivity contribution in [2.75, 3.05) is 0 Å². The van der Waals surface area contributed by atoms with Gasteiger partial charge in [-0.25, -0.2) is 9.97 Å². The number of hydrogen-bond acceptors (Lipinski definition) is 2. The van der Waals surface area contributed by atoms with E-state index in [1.807, 2.05) is 0 Å². The number of unbranched alkanes of at least 4 members (excludes halogenated alkanes) is 20. The molecular weight excluding hydrogens is 400 g/mol. The van der Waals surface area contributed by atoms with Crippen molar-refractivity contribution < 1.29 is 0 Å². The zero-order chi connectivity index (χ0) is 23.8. The second-order valence-electron chi connectivity index (χ2n) is 10.5. The smallest absolute Gasteiger partial charge is 0.125 e. The molecule has 0 saturated heterocycles. The van der Waals surface area contributed by atoms with E-state index in [0.717, 1.165) is 18.7 Å². The fourth-order valence-corrected chi connectivity index (χ4v) is 4.89. The molecule has 1 heterocycles. The van der Waals surface area contributed by atoms with Crippen LogP contribution in [0.5, 0.6) is 0 Å². The van der Waals surface area contributed by atoms with Crippen LogP contribution in [0.1, 0.15) is 172 Å². The van der Waals surface area contributed by atoms with Crippen molar-refractivity contribution in [1.29, 1.82) is 0 Å². The van der Waals surface area contributed by atoms with Gasteiger partial charge in [-0.15, -0.1) is 0 Å². The molecule has 1 aromatic rings. The van der Waals surface area contributed by atoms with E-state index < -0.39 is 0 Å². The fraction of sp³-hybridized carbons (Fsp3) is 0.871. The van der Waals surface area contributed by atoms with Crippen LogP contribution in [0.15, 0.2) is 6.07 Å². The maximum Gasteiger partial charge on any atom is 0.125 e. The summed E-state index contributed by atoms with van der Waals surface area (Å²) in [6, 6.07) is 2.29. The van der Waals surface area contributed by atoms with E-state index in [2.05, 4.69) is 26.8 Å². The van der Waals surface area contributed by atoms with Gasteiger partial charge in [-0.05, 0) is 38.7 Å². The quantitative estimate of drug-likeness (QED) is 0.144. The highest BCUT2D eigenvalue weighted by molar-refractivity contribution is 5.11. The Morgan fingerprint density at radius 2 is 0.697 bits per heavy atom. The van der Waals surface area contributed by atoms with Gasteiger partial charge in [0.1, 0.15) is 5.82 Å². The minimum Gasteiger partial charge on any atom is -0.238 e. The van der Waals surface area contributed by atoms with E-state index in [1.54, 1.807) is 0 Å². The third kappa shape index (κ3) is 19.1. The van der Waals surface area contributed by atoms with Crippen molar-refractivity contribution in [3.63, 3.8) is 0 Å². The summed E-state index contributed by atoms with van der Waals surface area (Å²) in [5, 5.41) is 0. The van der Waals surface area contributed by atoms with Crippen LogP contribution in [0.2, 0.25) is 0 Å². The van der Waals surface area contributed by atoms with Crippen molar-refractivity contribution in [3.8, 4) is 0 Å². The van der Waals surface area contributed by atoms with Gasteiger partial charge in [0.15, 0.2) is 0 Å². The standard InChI is InChI=1S/C31H58N2/c1-4-6-8-10-12-14-16-18-20-22-24-26-30-28-31(33-29(3)32-30)27-25-23-21-19-17-15-13-11-9-7-5-2/h28H,4-27H2,1-3H3. The van der Waals surface area contributed by atoms with Crippen molar-refractivity contribution >= 4 is 0 Å². The molecule has 192 valence electrons. The molecule has 0 unspecified atom stereocenters. The van der Waals surface area contributed by atoms with Crippen LogP contribution >= 0.6 is 0 Å². The zero-order valence-electron chi connectivity index (χ0n) is 22.9. The lowest BCUT2D eigenvalue weighted by molar-refractivity contribution is 0.547. The molecule has 0 bridgehead atoms. The van der Waals surface area contributed by atoms with Gasteiger partial charge in [0.25, 0.3) is 0 Å². The number of nitrogens with zero attached hydrogens (tertiary/aromatic N) is 2. The van der Waals surface area contributed by atoms with E-state index in [9.17, 15) is 0 Å². The van der Waals surface area contributed by atoms with Gasteiger partial charge in [0.05, 0.1) is 0 Å². The molecule has 2 nitrogen and oxygen atoms in total. The number of hydrogen-bond donors (Lipinski definition) is 0. The first kappa shape index (κ1) is 30.1. The number of rotatable bonds is 24. The highest BCUT2D eigenvalue weighted by atomic mass is 14.9. The Morgan fingerprint density at radius 3 is 1.00 bits per heavy atom. The highest BCUT2D eigenvalue weighted by Gasteiger charge is 2.03. The minimum atomic E-state index is 0.966. The van der Waals surface area contributed by atoms with Crippen LogP contribution in [0.3, 0.4) is 0 Å². The van der Waals surface area contributed by atoms with Gasteiger partial charge in [0.2, 0.25) is 0 Å². The average molecular weight is 459 g/mol. The van der Waals surface area contributed by atoms with Crippen LogP contribution in [0.4, 0.5) is 0 Å². The molecule has 0 aliphatic rings. The molecule has 0 radical (unpaired) electrons. The summed E-state index contributed by atoms with van der Waals surface area (Å²) in [5.41, 5.74) is 2.55. The van der Waals surface area contributed by atoms with Gasteiger partial charge >= 0.3 is 0 Å². The Balaban J connectivity index is 2.02. The predicted octanol–water partition coefficient (Wildman–Crippen LogP) is 10.5. The summed E-state index contributed by atoms with van der Waals surface area (Å²) in [6.45, 7) is 6.65. The van der Waals surface area contributed by atoms with E-state index in [-0.39, 0.29) is 0 Å². The van der Waals surface area contributed by atoms with Gasteiger partial charge in [-0.1, -0.05) is 142 Å². The molecule has 0 fully saturated rings. The lowest BCUT2D eigenvalue weighted by atomic mass is 10.0. The maximum atomic E-state index is 4.71. The third-order valence-corrected chi connectivity index (χ3v) is 7.02. The summed E-state index contributed by atoms with van der Waals surface area (Å²) < 4.78 is 0. The van der Waals surface area contributed by atoms with Crippen LogP contribution in [0.25, 0.3) is 0 Å². The highest BCUT2D eigenvalue weighted by Crippen LogP contribution is 2.15. The summed E-state index contributed by atoms with van der Waals surface area (Å²) >= 11 is 0. The molecule has 1 rings (SSSR count). The summed E-state index contributed by atoms with van der Waals surface area (Å²) in [4.78, 5) is 9.42. The Kier molecular flexibility index (Phi) is 20.9. The van der Waals surface area contributed by atoms with E-state index in [4.69, 9.17) is 9.97 Å². The Morgan fingerprint density at radius 1 is 0.424 bits per heavy atom. The van der Waals surface area contributed by atoms with Gasteiger partial charge in [-0.3, -0.25) is 0 Å². The molecule has 0 saturated carbocycles. The average Bonchev–Trinajstić information content (AvgIpc) is 2.80. The molecule has 0 amide bonds. The first-order valence-electron chi connectivity index (χ1n) is 15.1. The first-order chi connectivity index (χ1) is 16.3. The Labute approximate surface area is 208 Å². The normalized spacial score (nSPS) is 11.4. The summed E-state index contributed by atoms with van der Waals surface area (Å²) in [7, 11) is 0. The van der Waals surface area contributed by atoms with Crippen molar-refractivity contribution in [2.45, 2.75) is 175 Å². The largest absolute Gasteiger partial charge is 0.238 e. The lowest BCUT2D eigenvalue weighted by Crippen LogP contribution is -2.01. The molecule has 0 N–H and O–H groups in total. The van der Waals surface area contributed by atoms with Crippen molar-refractivity contribution in [3.05, 3.63) is 23.3 Å². The van der Waals surface area contributed by atoms with Crippen molar-refractivity contribution in [1.82, 2.24) is 9.97 Å². The second kappa shape index (κ2) is 22.9. The first-order valence-corrected chi connectivity index (χ1v) is 15.1. The molecule has 33 heavy (non-hydrogen) atoms. The molecule has 0 atom stereocenters. The van der Waals surface area contributed by atoms with E-state index >= 15 is 0 Å². The second-order valence-corrected chi connectivity index (χ2v) is 10.5. The van der Waals surface area contributed by atoms with Crippen LogP contribution < -0.4 is 0 Å². The fourth-order valence-electron chi connectivity index (χ4n) is 4.89. The molecule has 0 aliphatic heterocycles. The third-order valence-electron chi connectivity index (χ3n) is 7.02. The van der Waals surface area contributed by atoms with E-state index in [1.165, 1.54) is 153 Å². The SMILES string of the molecule is CCCCCCCCCCCCCc1cc(CCCCCCCCCCCCC)nc(C)n1. The van der Waals surface area contributed by atoms with Crippen LogP contribution in [0, 0.1) is 6.92 Å². The number of aromatic nitrogens is 2. The topological polar surface area (TPSA) is 25.8 Å². The maximum absolute atomic E-state index is 4.71.